The van der Waals surface area contributed by atoms with Gasteiger partial charge in [-0.2, -0.15) is 0 Å². The fourth-order valence-electron chi connectivity index (χ4n) is 0.414. The van der Waals surface area contributed by atoms with Crippen molar-refractivity contribution in [3.05, 3.63) is 0 Å². The summed E-state index contributed by atoms with van der Waals surface area (Å²) in [6.45, 7) is 2.76. The highest BCUT2D eigenvalue weighted by molar-refractivity contribution is 6.33. The fourth-order valence-corrected chi connectivity index (χ4v) is 0.414. The van der Waals surface area contributed by atoms with Crippen molar-refractivity contribution in [2.45, 2.75) is 20.0 Å². The molecule has 0 amide bonds. The van der Waals surface area contributed by atoms with Crippen LogP contribution in [-0.2, 0) is 9.59 Å². The van der Waals surface area contributed by atoms with Crippen LogP contribution in [0.25, 0.3) is 0 Å². The molecule has 1 unspecified atom stereocenters. The Morgan fingerprint density at radius 1 is 1.30 bits per heavy atom. The summed E-state index contributed by atoms with van der Waals surface area (Å²) in [6, 6.07) is 0. The first-order valence-electron chi connectivity index (χ1n) is 2.92. The Labute approximate surface area is 58.5 Å². The lowest BCUT2D eigenvalue weighted by Gasteiger charge is -2.08. The lowest BCUT2D eigenvalue weighted by atomic mass is 10.0. The van der Waals surface area contributed by atoms with Crippen LogP contribution in [0.5, 0.6) is 0 Å². The van der Waals surface area contributed by atoms with Crippen molar-refractivity contribution < 1.29 is 19.8 Å². The van der Waals surface area contributed by atoms with E-state index >= 15 is 0 Å². The Bertz CT molecular complexity index is 150. The number of aliphatic hydroxyl groups is 1. The molecule has 0 aromatic heterocycles. The summed E-state index contributed by atoms with van der Waals surface area (Å²) in [7, 11) is 0. The molecular formula is C6H10O4. The summed E-state index contributed by atoms with van der Waals surface area (Å²) in [5.41, 5.74) is 0. The van der Waals surface area contributed by atoms with E-state index in [1.54, 1.807) is 0 Å². The molecule has 10 heavy (non-hydrogen) atoms. The summed E-state index contributed by atoms with van der Waals surface area (Å²) in [4.78, 5) is 20.5. The summed E-state index contributed by atoms with van der Waals surface area (Å²) >= 11 is 0. The zero-order chi connectivity index (χ0) is 8.31. The number of aliphatic carboxylic acids is 1. The van der Waals surface area contributed by atoms with Crippen LogP contribution in [0.4, 0.5) is 0 Å². The second kappa shape index (κ2) is 3.31. The van der Waals surface area contributed by atoms with Gasteiger partial charge in [0.2, 0.25) is 5.78 Å². The normalized spacial score (nSPS) is 15.9. The van der Waals surface area contributed by atoms with Gasteiger partial charge in [0.15, 0.2) is 0 Å². The third-order valence-corrected chi connectivity index (χ3v) is 1.35. The molecule has 58 valence electrons. The number of hydrogen-bond donors (Lipinski definition) is 2. The van der Waals surface area contributed by atoms with E-state index < -0.39 is 23.8 Å². The molecular weight excluding hydrogens is 136 g/mol. The van der Waals surface area contributed by atoms with Gasteiger partial charge >= 0.3 is 5.97 Å². The lowest BCUT2D eigenvalue weighted by Crippen LogP contribution is -2.28. The van der Waals surface area contributed by atoms with Crippen molar-refractivity contribution in [1.82, 2.24) is 0 Å². The van der Waals surface area contributed by atoms with Crippen LogP contribution in [0, 0.1) is 5.92 Å². The van der Waals surface area contributed by atoms with E-state index in [1.165, 1.54) is 13.8 Å². The van der Waals surface area contributed by atoms with Gasteiger partial charge in [0, 0.05) is 0 Å². The zero-order valence-electron chi connectivity index (χ0n) is 5.87. The first kappa shape index (κ1) is 9.10. The maximum absolute atomic E-state index is 10.5. The highest BCUT2D eigenvalue weighted by Crippen LogP contribution is 2.02. The first-order valence-corrected chi connectivity index (χ1v) is 2.92. The zero-order valence-corrected chi connectivity index (χ0v) is 5.87. The van der Waals surface area contributed by atoms with Gasteiger partial charge in [0.25, 0.3) is 0 Å². The van der Waals surface area contributed by atoms with Gasteiger partial charge in [-0.1, -0.05) is 6.92 Å². The van der Waals surface area contributed by atoms with E-state index in [1.807, 2.05) is 0 Å². The number of carbonyl (C=O) groups is 2. The number of Topliss-reactive ketones (excluding diaryl/α,β-unsaturated/α-hetero) is 1. The Hall–Kier alpha value is -0.900. The Morgan fingerprint density at radius 2 is 1.70 bits per heavy atom. The standard InChI is InChI=1S/C6H10O4/c1-3(4(2)7)5(8)6(9)10/h3-4,7H,1-2H3,(H,9,10)/t3?,4-/m0/s1. The third-order valence-electron chi connectivity index (χ3n) is 1.35. The van der Waals surface area contributed by atoms with Crippen LogP contribution in [0.1, 0.15) is 13.8 Å². The molecule has 0 aliphatic carbocycles. The third kappa shape index (κ3) is 2.14. The van der Waals surface area contributed by atoms with Crippen molar-refractivity contribution in [2.75, 3.05) is 0 Å². The maximum Gasteiger partial charge on any atom is 0.372 e. The van der Waals surface area contributed by atoms with Gasteiger partial charge in [0.1, 0.15) is 0 Å². The summed E-state index contributed by atoms with van der Waals surface area (Å²) in [5.74, 6) is -3.26. The smallest absolute Gasteiger partial charge is 0.372 e. The summed E-state index contributed by atoms with van der Waals surface area (Å²) in [6.07, 6.45) is -0.899. The lowest BCUT2D eigenvalue weighted by molar-refractivity contribution is -0.152. The van der Waals surface area contributed by atoms with Gasteiger partial charge < -0.3 is 10.2 Å². The average Bonchev–Trinajstić information content (AvgIpc) is 1.84. The van der Waals surface area contributed by atoms with E-state index in [0.29, 0.717) is 0 Å². The summed E-state index contributed by atoms with van der Waals surface area (Å²) in [5, 5.41) is 16.9. The van der Waals surface area contributed by atoms with Crippen LogP contribution in [0.2, 0.25) is 0 Å². The molecule has 0 saturated carbocycles. The van der Waals surface area contributed by atoms with Crippen molar-refractivity contribution in [3.8, 4) is 0 Å². The van der Waals surface area contributed by atoms with Gasteiger partial charge in [-0.05, 0) is 6.92 Å². The minimum absolute atomic E-state index is 0.822. The molecule has 2 N–H and O–H groups in total. The van der Waals surface area contributed by atoms with Crippen LogP contribution >= 0.6 is 0 Å². The van der Waals surface area contributed by atoms with Gasteiger partial charge in [-0.15, -0.1) is 0 Å². The minimum Gasteiger partial charge on any atom is -0.475 e. The monoisotopic (exact) mass is 146 g/mol. The molecule has 0 aromatic carbocycles. The van der Waals surface area contributed by atoms with Crippen molar-refractivity contribution in [1.29, 1.82) is 0 Å². The van der Waals surface area contributed by atoms with E-state index in [0.717, 1.165) is 0 Å². The number of carboxylic acid groups (broad SMARTS) is 1. The van der Waals surface area contributed by atoms with Crippen LogP contribution in [0.3, 0.4) is 0 Å². The van der Waals surface area contributed by atoms with E-state index in [2.05, 4.69) is 0 Å². The molecule has 0 aliphatic rings. The topological polar surface area (TPSA) is 74.6 Å². The number of ketones is 1. The van der Waals surface area contributed by atoms with Crippen LogP contribution < -0.4 is 0 Å². The van der Waals surface area contributed by atoms with E-state index in [4.69, 9.17) is 10.2 Å². The van der Waals surface area contributed by atoms with Crippen LogP contribution in [0.15, 0.2) is 0 Å². The molecule has 2 atom stereocenters. The molecule has 0 bridgehead atoms. The number of aliphatic hydroxyl groups excluding tert-OH is 1. The van der Waals surface area contributed by atoms with Gasteiger partial charge in [0.05, 0.1) is 12.0 Å². The molecule has 0 saturated heterocycles. The average molecular weight is 146 g/mol. The highest BCUT2D eigenvalue weighted by Gasteiger charge is 2.23. The quantitative estimate of drug-likeness (QED) is 0.534. The molecule has 0 heterocycles. The van der Waals surface area contributed by atoms with Crippen molar-refractivity contribution in [3.63, 3.8) is 0 Å². The first-order chi connectivity index (χ1) is 4.46. The number of hydrogen-bond acceptors (Lipinski definition) is 3. The molecule has 0 aromatic rings. The molecule has 0 rings (SSSR count). The Morgan fingerprint density at radius 3 is 1.80 bits per heavy atom. The largest absolute Gasteiger partial charge is 0.475 e. The second-order valence-corrected chi connectivity index (χ2v) is 2.20. The number of carbonyl (C=O) groups excluding carboxylic acids is 1. The minimum atomic E-state index is -1.49. The molecule has 4 nitrogen and oxygen atoms in total. The van der Waals surface area contributed by atoms with E-state index in [9.17, 15) is 9.59 Å². The van der Waals surface area contributed by atoms with Crippen molar-refractivity contribution >= 4 is 11.8 Å². The number of carboxylic acids is 1. The fraction of sp³-hybridized carbons (Fsp3) is 0.667. The maximum atomic E-state index is 10.5. The predicted molar refractivity (Wildman–Crippen MR) is 33.5 cm³/mol. The SMILES string of the molecule is CC(C(=O)C(=O)O)[C@H](C)O. The summed E-state index contributed by atoms with van der Waals surface area (Å²) < 4.78 is 0. The Balaban J connectivity index is 4.08. The molecule has 0 aliphatic heterocycles. The molecule has 4 heteroatoms. The van der Waals surface area contributed by atoms with E-state index in [-0.39, 0.29) is 0 Å². The number of rotatable bonds is 3. The van der Waals surface area contributed by atoms with Gasteiger partial charge in [-0.25, -0.2) is 4.79 Å². The molecule has 0 radical (unpaired) electrons. The van der Waals surface area contributed by atoms with Crippen molar-refractivity contribution in [2.24, 2.45) is 5.92 Å². The highest BCUT2D eigenvalue weighted by atomic mass is 16.4. The second-order valence-electron chi connectivity index (χ2n) is 2.20. The van der Waals surface area contributed by atoms with Gasteiger partial charge in [-0.3, -0.25) is 4.79 Å². The predicted octanol–water partition coefficient (Wildman–Crippen LogP) is -0.343. The van der Waals surface area contributed by atoms with Crippen LogP contribution in [-0.4, -0.2) is 28.1 Å². The molecule has 0 fully saturated rings. The Kier molecular flexibility index (Phi) is 3.02. The molecule has 0 spiro atoms.